The number of benzene rings is 1. The fraction of sp³-hybridized carbons (Fsp3) is 0.708. The molecule has 4 rings (SSSR count). The van der Waals surface area contributed by atoms with Crippen LogP contribution in [0, 0.1) is 0 Å². The molecule has 1 N–H and O–H groups in total. The Balaban J connectivity index is 1.56. The van der Waals surface area contributed by atoms with Gasteiger partial charge in [-0.3, -0.25) is 4.90 Å². The predicted octanol–water partition coefficient (Wildman–Crippen LogP) is 4.55. The molecular formula is C24H35NO4. The molecule has 2 aliphatic carbocycles. The molecule has 1 aromatic carbocycles. The first-order valence-corrected chi connectivity index (χ1v) is 11.0. The number of amides is 1. The van der Waals surface area contributed by atoms with Gasteiger partial charge in [-0.25, -0.2) is 4.79 Å². The van der Waals surface area contributed by atoms with Gasteiger partial charge in [0.2, 0.25) is 0 Å². The molecule has 5 heteroatoms. The van der Waals surface area contributed by atoms with Crippen molar-refractivity contribution in [2.75, 3.05) is 6.61 Å². The first kappa shape index (κ1) is 20.7. The monoisotopic (exact) mass is 401 g/mol. The van der Waals surface area contributed by atoms with Gasteiger partial charge in [-0.05, 0) is 95.8 Å². The van der Waals surface area contributed by atoms with Crippen LogP contribution in [0.25, 0.3) is 0 Å². The molecule has 1 amide bonds. The summed E-state index contributed by atoms with van der Waals surface area (Å²) in [5.74, 6) is 0.412. The number of hydrogen-bond acceptors (Lipinski definition) is 4. The Labute approximate surface area is 174 Å². The van der Waals surface area contributed by atoms with Crippen LogP contribution in [-0.2, 0) is 22.3 Å². The first-order valence-electron chi connectivity index (χ1n) is 11.0. The van der Waals surface area contributed by atoms with Gasteiger partial charge in [0, 0.05) is 0 Å². The van der Waals surface area contributed by atoms with Gasteiger partial charge < -0.3 is 14.6 Å². The number of carbonyl (C=O) groups excluding carboxylic acids is 1. The second-order valence-electron chi connectivity index (χ2n) is 10.6. The summed E-state index contributed by atoms with van der Waals surface area (Å²) in [7, 11) is 0. The molecule has 0 radical (unpaired) electrons. The van der Waals surface area contributed by atoms with Crippen LogP contribution in [0.5, 0.6) is 0 Å². The lowest BCUT2D eigenvalue weighted by Crippen LogP contribution is -2.55. The summed E-state index contributed by atoms with van der Waals surface area (Å²) in [6, 6.07) is 6.75. The standard InChI is InChI=1S/C24H35NO4/c1-22(2,3)29-21(27)25-23(4,5)28-15-24(25)11-10-19(14-24)17-6-7-18-13-20(26)9-8-16(18)12-17/h6-7,12,19-20,26H,8-11,13-15H2,1-5H3/t19-,20-,24-/m0/s1. The fourth-order valence-electron chi connectivity index (χ4n) is 5.47. The Bertz CT molecular complexity index is 797. The van der Waals surface area contributed by atoms with Crippen molar-refractivity contribution in [2.45, 2.75) is 102 Å². The Hall–Kier alpha value is -1.59. The van der Waals surface area contributed by atoms with Crippen LogP contribution < -0.4 is 0 Å². The molecule has 1 spiro atoms. The quantitative estimate of drug-likeness (QED) is 0.750. The van der Waals surface area contributed by atoms with Crippen molar-refractivity contribution in [3.8, 4) is 0 Å². The molecule has 0 unspecified atom stereocenters. The van der Waals surface area contributed by atoms with Gasteiger partial charge in [0.15, 0.2) is 0 Å². The topological polar surface area (TPSA) is 59.0 Å². The van der Waals surface area contributed by atoms with E-state index in [1.54, 1.807) is 0 Å². The van der Waals surface area contributed by atoms with E-state index in [9.17, 15) is 9.90 Å². The van der Waals surface area contributed by atoms with E-state index in [0.717, 1.165) is 38.5 Å². The van der Waals surface area contributed by atoms with Crippen molar-refractivity contribution in [2.24, 2.45) is 0 Å². The van der Waals surface area contributed by atoms with Crippen LogP contribution in [0.2, 0.25) is 0 Å². The molecule has 1 saturated carbocycles. The summed E-state index contributed by atoms with van der Waals surface area (Å²) >= 11 is 0. The maximum Gasteiger partial charge on any atom is 0.413 e. The molecule has 29 heavy (non-hydrogen) atoms. The van der Waals surface area contributed by atoms with E-state index >= 15 is 0 Å². The molecule has 0 bridgehead atoms. The van der Waals surface area contributed by atoms with E-state index in [4.69, 9.17) is 9.47 Å². The highest BCUT2D eigenvalue weighted by molar-refractivity contribution is 5.70. The number of nitrogens with zero attached hydrogens (tertiary/aromatic N) is 1. The van der Waals surface area contributed by atoms with Crippen molar-refractivity contribution < 1.29 is 19.4 Å². The lowest BCUT2D eigenvalue weighted by molar-refractivity contribution is -0.0688. The van der Waals surface area contributed by atoms with Crippen LogP contribution in [0.15, 0.2) is 18.2 Å². The lowest BCUT2D eigenvalue weighted by atomic mass is 9.85. The maximum absolute atomic E-state index is 13.1. The van der Waals surface area contributed by atoms with Gasteiger partial charge in [0.1, 0.15) is 11.3 Å². The Morgan fingerprint density at radius 3 is 2.72 bits per heavy atom. The van der Waals surface area contributed by atoms with Gasteiger partial charge in [0.05, 0.1) is 18.2 Å². The van der Waals surface area contributed by atoms with Crippen LogP contribution >= 0.6 is 0 Å². The zero-order valence-electron chi connectivity index (χ0n) is 18.5. The van der Waals surface area contributed by atoms with Crippen LogP contribution in [0.1, 0.15) is 82.9 Å². The summed E-state index contributed by atoms with van der Waals surface area (Å²) in [5, 5.41) is 9.92. The average Bonchev–Trinajstić information content (AvgIpc) is 3.14. The highest BCUT2D eigenvalue weighted by Gasteiger charge is 2.58. The van der Waals surface area contributed by atoms with E-state index in [-0.39, 0.29) is 17.7 Å². The molecule has 2 fully saturated rings. The third-order valence-electron chi connectivity index (χ3n) is 6.77. The van der Waals surface area contributed by atoms with Crippen LogP contribution in [0.3, 0.4) is 0 Å². The van der Waals surface area contributed by atoms with E-state index in [2.05, 4.69) is 18.2 Å². The van der Waals surface area contributed by atoms with Crippen molar-refractivity contribution in [3.63, 3.8) is 0 Å². The molecule has 5 nitrogen and oxygen atoms in total. The van der Waals surface area contributed by atoms with Crippen LogP contribution in [-0.4, -0.2) is 45.7 Å². The highest BCUT2D eigenvalue weighted by Crippen LogP contribution is 2.51. The van der Waals surface area contributed by atoms with Gasteiger partial charge in [0.25, 0.3) is 0 Å². The third kappa shape index (κ3) is 3.91. The normalized spacial score (nSPS) is 31.2. The molecule has 1 aliphatic heterocycles. The predicted molar refractivity (Wildman–Crippen MR) is 112 cm³/mol. The van der Waals surface area contributed by atoms with E-state index in [0.29, 0.717) is 12.5 Å². The van der Waals surface area contributed by atoms with Crippen LogP contribution in [0.4, 0.5) is 4.79 Å². The molecule has 3 atom stereocenters. The summed E-state index contributed by atoms with van der Waals surface area (Å²) in [4.78, 5) is 15.0. The smallest absolute Gasteiger partial charge is 0.413 e. The first-order chi connectivity index (χ1) is 13.5. The zero-order chi connectivity index (χ0) is 21.0. The zero-order valence-corrected chi connectivity index (χ0v) is 18.5. The molecule has 1 heterocycles. The minimum absolute atomic E-state index is 0.205. The second-order valence-corrected chi connectivity index (χ2v) is 10.6. The van der Waals surface area contributed by atoms with Gasteiger partial charge in [-0.1, -0.05) is 18.2 Å². The van der Waals surface area contributed by atoms with E-state index in [1.807, 2.05) is 39.5 Å². The van der Waals surface area contributed by atoms with Gasteiger partial charge >= 0.3 is 6.09 Å². The number of aliphatic hydroxyl groups excluding tert-OH is 1. The molecular weight excluding hydrogens is 366 g/mol. The van der Waals surface area contributed by atoms with Crippen molar-refractivity contribution in [1.82, 2.24) is 4.90 Å². The summed E-state index contributed by atoms with van der Waals surface area (Å²) in [5.41, 5.74) is 2.51. The number of carbonyl (C=O) groups is 1. The van der Waals surface area contributed by atoms with Crippen molar-refractivity contribution >= 4 is 6.09 Å². The molecule has 0 aromatic heterocycles. The SMILES string of the molecule is CC(C)(C)OC(=O)N1C(C)(C)OC[C@@]12CC[C@H](c1ccc3c(c1)CC[C@H](O)C3)C2. The minimum atomic E-state index is -0.663. The van der Waals surface area contributed by atoms with Crippen molar-refractivity contribution in [1.29, 1.82) is 0 Å². The third-order valence-corrected chi connectivity index (χ3v) is 6.77. The summed E-state index contributed by atoms with van der Waals surface area (Å²) in [6.07, 6.45) is 4.94. The fourth-order valence-corrected chi connectivity index (χ4v) is 5.47. The van der Waals surface area contributed by atoms with Crippen molar-refractivity contribution in [3.05, 3.63) is 34.9 Å². The molecule has 160 valence electrons. The number of hydrogen-bond donors (Lipinski definition) is 1. The van der Waals surface area contributed by atoms with Gasteiger partial charge in [-0.2, -0.15) is 0 Å². The molecule has 1 saturated heterocycles. The van der Waals surface area contributed by atoms with E-state index < -0.39 is 11.3 Å². The molecule has 3 aliphatic rings. The largest absolute Gasteiger partial charge is 0.444 e. The Kier molecular flexibility index (Phi) is 4.98. The Morgan fingerprint density at radius 2 is 2.00 bits per heavy atom. The molecule has 1 aromatic rings. The number of ether oxygens (including phenoxy) is 2. The Morgan fingerprint density at radius 1 is 1.24 bits per heavy atom. The number of fused-ring (bicyclic) bond motifs is 1. The summed E-state index contributed by atoms with van der Waals surface area (Å²) in [6.45, 7) is 10.2. The minimum Gasteiger partial charge on any atom is -0.444 e. The highest BCUT2D eigenvalue weighted by atomic mass is 16.6. The number of aryl methyl sites for hydroxylation is 1. The van der Waals surface area contributed by atoms with Gasteiger partial charge in [-0.15, -0.1) is 0 Å². The number of rotatable bonds is 1. The average molecular weight is 402 g/mol. The number of aliphatic hydroxyl groups is 1. The summed E-state index contributed by atoms with van der Waals surface area (Å²) < 4.78 is 11.9. The lowest BCUT2D eigenvalue weighted by Gasteiger charge is -2.40. The maximum atomic E-state index is 13.1. The van der Waals surface area contributed by atoms with E-state index in [1.165, 1.54) is 16.7 Å². The second kappa shape index (κ2) is 6.98.